The van der Waals surface area contributed by atoms with Gasteiger partial charge < -0.3 is 24.1 Å². The third-order valence-electron chi connectivity index (χ3n) is 6.01. The van der Waals surface area contributed by atoms with Crippen molar-refractivity contribution in [3.05, 3.63) is 102 Å². The van der Waals surface area contributed by atoms with Crippen molar-refractivity contribution >= 4 is 29.0 Å². The molecule has 1 fully saturated rings. The van der Waals surface area contributed by atoms with Crippen molar-refractivity contribution in [1.82, 2.24) is 10.3 Å². The fraction of sp³-hybridized carbons (Fsp3) is 0.179. The van der Waals surface area contributed by atoms with Crippen LogP contribution in [0.3, 0.4) is 0 Å². The van der Waals surface area contributed by atoms with Gasteiger partial charge >= 0.3 is 5.97 Å². The molecule has 2 aromatic carbocycles. The minimum Gasteiger partial charge on any atom is -0.494 e. The maximum atomic E-state index is 12.0. The zero-order valence-corrected chi connectivity index (χ0v) is 20.7. The minimum absolute atomic E-state index is 0.231. The van der Waals surface area contributed by atoms with Crippen LogP contribution < -0.4 is 15.0 Å². The van der Waals surface area contributed by atoms with E-state index in [4.69, 9.17) is 26.1 Å². The van der Waals surface area contributed by atoms with E-state index in [2.05, 4.69) is 10.3 Å². The van der Waals surface area contributed by atoms with Gasteiger partial charge in [0.15, 0.2) is 5.11 Å². The molecule has 0 spiro atoms. The summed E-state index contributed by atoms with van der Waals surface area (Å²) >= 11 is 5.78. The number of furan rings is 1. The number of carbonyl (C=O) groups excluding carboxylic acids is 1. The number of carbonyl (C=O) groups is 1. The third-order valence-corrected chi connectivity index (χ3v) is 6.33. The van der Waals surface area contributed by atoms with Crippen molar-refractivity contribution in [3.63, 3.8) is 0 Å². The van der Waals surface area contributed by atoms with Crippen LogP contribution in [0.1, 0.15) is 40.8 Å². The first-order valence-electron chi connectivity index (χ1n) is 11.6. The molecule has 2 atom stereocenters. The SMILES string of the molecule is CCOc1ccc(N2C(=S)N[C@@H](c3ccccn3)[C@@H]2c2ccc(-c3cccc(C(=O)OC)c3)o2)cc1. The van der Waals surface area contributed by atoms with Crippen molar-refractivity contribution in [3.8, 4) is 17.1 Å². The number of hydrogen-bond acceptors (Lipinski definition) is 6. The number of hydrogen-bond donors (Lipinski definition) is 1. The predicted molar refractivity (Wildman–Crippen MR) is 141 cm³/mol. The summed E-state index contributed by atoms with van der Waals surface area (Å²) in [5.41, 5.74) is 2.99. The maximum Gasteiger partial charge on any atom is 0.337 e. The van der Waals surface area contributed by atoms with Gasteiger partial charge in [-0.15, -0.1) is 0 Å². The molecule has 0 radical (unpaired) electrons. The lowest BCUT2D eigenvalue weighted by atomic mass is 10.0. The van der Waals surface area contributed by atoms with Crippen LogP contribution >= 0.6 is 12.2 Å². The summed E-state index contributed by atoms with van der Waals surface area (Å²) < 4.78 is 16.9. The second-order valence-corrected chi connectivity index (χ2v) is 8.58. The molecule has 3 heterocycles. The van der Waals surface area contributed by atoms with Crippen LogP contribution in [0, 0.1) is 0 Å². The van der Waals surface area contributed by atoms with Gasteiger partial charge in [-0.3, -0.25) is 4.98 Å². The first-order chi connectivity index (χ1) is 17.6. The molecule has 1 aliphatic rings. The second kappa shape index (κ2) is 10.2. The molecule has 2 aromatic heterocycles. The number of pyridine rings is 1. The van der Waals surface area contributed by atoms with Gasteiger partial charge in [0.25, 0.3) is 0 Å². The number of anilines is 1. The van der Waals surface area contributed by atoms with E-state index in [9.17, 15) is 4.79 Å². The first kappa shape index (κ1) is 23.6. The summed E-state index contributed by atoms with van der Waals surface area (Å²) in [6.45, 7) is 2.55. The number of rotatable bonds is 7. The van der Waals surface area contributed by atoms with Gasteiger partial charge in [0.05, 0.1) is 31.0 Å². The Morgan fingerprint density at radius 1 is 1.08 bits per heavy atom. The molecule has 8 heteroatoms. The smallest absolute Gasteiger partial charge is 0.337 e. The van der Waals surface area contributed by atoms with Gasteiger partial charge in [-0.25, -0.2) is 4.79 Å². The Morgan fingerprint density at radius 2 is 1.92 bits per heavy atom. The normalized spacial score (nSPS) is 17.1. The third kappa shape index (κ3) is 4.55. The molecular weight excluding hydrogens is 474 g/mol. The van der Waals surface area contributed by atoms with Crippen LogP contribution in [0.15, 0.2) is 89.5 Å². The van der Waals surface area contributed by atoms with Crippen LogP contribution in [-0.4, -0.2) is 29.8 Å². The van der Waals surface area contributed by atoms with Gasteiger partial charge in [0, 0.05) is 17.4 Å². The molecule has 1 N–H and O–H groups in total. The second-order valence-electron chi connectivity index (χ2n) is 8.20. The molecule has 36 heavy (non-hydrogen) atoms. The average molecular weight is 500 g/mol. The van der Waals surface area contributed by atoms with Gasteiger partial charge in [-0.1, -0.05) is 18.2 Å². The number of benzene rings is 2. The summed E-state index contributed by atoms with van der Waals surface area (Å²) in [4.78, 5) is 18.6. The summed E-state index contributed by atoms with van der Waals surface area (Å²) in [5, 5.41) is 4.00. The van der Waals surface area contributed by atoms with Crippen molar-refractivity contribution in [2.45, 2.75) is 19.0 Å². The first-order valence-corrected chi connectivity index (χ1v) is 12.0. The lowest BCUT2D eigenvalue weighted by molar-refractivity contribution is 0.0601. The highest BCUT2D eigenvalue weighted by Gasteiger charge is 2.42. The van der Waals surface area contributed by atoms with Crippen LogP contribution in [-0.2, 0) is 4.74 Å². The van der Waals surface area contributed by atoms with E-state index in [1.54, 1.807) is 24.4 Å². The standard InChI is InChI=1S/C28H25N3O4S/c1-3-34-21-12-10-20(11-13-21)31-26(25(30-28(31)36)22-9-4-5-16-29-22)24-15-14-23(35-24)18-7-6-8-19(17-18)27(32)33-2/h4-17,25-26H,3H2,1-2H3,(H,30,36)/t25-,26-/m0/s1. The molecule has 1 saturated heterocycles. The van der Waals surface area contributed by atoms with E-state index in [1.165, 1.54) is 7.11 Å². The number of nitrogens with zero attached hydrogens (tertiary/aromatic N) is 2. The number of thiocarbonyl (C=S) groups is 1. The van der Waals surface area contributed by atoms with Gasteiger partial charge in [-0.2, -0.15) is 0 Å². The zero-order chi connectivity index (χ0) is 25.1. The highest BCUT2D eigenvalue weighted by Crippen LogP contribution is 2.43. The van der Waals surface area contributed by atoms with Crippen LogP contribution in [0.4, 0.5) is 5.69 Å². The summed E-state index contributed by atoms with van der Waals surface area (Å²) in [5.74, 6) is 1.75. The van der Waals surface area contributed by atoms with E-state index < -0.39 is 5.97 Å². The lowest BCUT2D eigenvalue weighted by Gasteiger charge is -2.26. The Kier molecular flexibility index (Phi) is 6.69. The number of esters is 1. The minimum atomic E-state index is -0.397. The van der Waals surface area contributed by atoms with E-state index in [1.807, 2.05) is 72.5 Å². The Balaban J connectivity index is 1.55. The van der Waals surface area contributed by atoms with Crippen molar-refractivity contribution in [2.75, 3.05) is 18.6 Å². The molecule has 0 bridgehead atoms. The van der Waals surface area contributed by atoms with E-state index in [0.717, 1.165) is 22.7 Å². The molecule has 0 saturated carbocycles. The Labute approximate surface area is 214 Å². The van der Waals surface area contributed by atoms with Crippen molar-refractivity contribution < 1.29 is 18.7 Å². The highest BCUT2D eigenvalue weighted by atomic mass is 32.1. The Morgan fingerprint density at radius 3 is 2.64 bits per heavy atom. The number of aromatic nitrogens is 1. The molecule has 1 aliphatic heterocycles. The predicted octanol–water partition coefficient (Wildman–Crippen LogP) is 5.70. The molecule has 7 nitrogen and oxygen atoms in total. The van der Waals surface area contributed by atoms with Gasteiger partial charge in [0.2, 0.25) is 0 Å². The van der Waals surface area contributed by atoms with Crippen LogP contribution in [0.25, 0.3) is 11.3 Å². The Hall–Kier alpha value is -4.17. The van der Waals surface area contributed by atoms with Crippen molar-refractivity contribution in [2.24, 2.45) is 0 Å². The van der Waals surface area contributed by atoms with E-state index >= 15 is 0 Å². The fourth-order valence-electron chi connectivity index (χ4n) is 4.38. The fourth-order valence-corrected chi connectivity index (χ4v) is 4.72. The number of methoxy groups -OCH3 is 1. The van der Waals surface area contributed by atoms with Gasteiger partial charge in [-0.05, 0) is 79.8 Å². The van der Waals surface area contributed by atoms with Crippen LogP contribution in [0.2, 0.25) is 0 Å². The molecule has 0 unspecified atom stereocenters. The molecule has 0 amide bonds. The average Bonchev–Trinajstić information content (AvgIpc) is 3.54. The van der Waals surface area contributed by atoms with Gasteiger partial charge in [0.1, 0.15) is 23.3 Å². The number of nitrogens with one attached hydrogen (secondary N) is 1. The number of ether oxygens (including phenoxy) is 2. The lowest BCUT2D eigenvalue weighted by Crippen LogP contribution is -2.29. The highest BCUT2D eigenvalue weighted by molar-refractivity contribution is 7.80. The van der Waals surface area contributed by atoms with Crippen LogP contribution in [0.5, 0.6) is 5.75 Å². The molecule has 0 aliphatic carbocycles. The molecular formula is C28H25N3O4S. The topological polar surface area (TPSA) is 76.8 Å². The molecule has 5 rings (SSSR count). The molecule has 4 aromatic rings. The monoisotopic (exact) mass is 499 g/mol. The quantitative estimate of drug-likeness (QED) is 0.256. The summed E-state index contributed by atoms with van der Waals surface area (Å²) in [6, 6.07) is 24.1. The maximum absolute atomic E-state index is 12.0. The van der Waals surface area contributed by atoms with E-state index in [-0.39, 0.29) is 12.1 Å². The summed E-state index contributed by atoms with van der Waals surface area (Å²) in [6.07, 6.45) is 1.77. The molecule has 182 valence electrons. The Bertz CT molecular complexity index is 1370. The summed E-state index contributed by atoms with van der Waals surface area (Å²) in [7, 11) is 1.36. The van der Waals surface area contributed by atoms with E-state index in [0.29, 0.717) is 28.8 Å². The zero-order valence-electron chi connectivity index (χ0n) is 19.9. The largest absolute Gasteiger partial charge is 0.494 e. The van der Waals surface area contributed by atoms with Crippen molar-refractivity contribution in [1.29, 1.82) is 0 Å².